The Morgan fingerprint density at radius 2 is 2.06 bits per heavy atom. The van der Waals surface area contributed by atoms with Gasteiger partial charge in [-0.1, -0.05) is 17.7 Å². The van der Waals surface area contributed by atoms with Gasteiger partial charge in [-0.3, -0.25) is 4.79 Å². The maximum atomic E-state index is 13.5. The van der Waals surface area contributed by atoms with Crippen LogP contribution < -0.4 is 15.4 Å². The Balaban J connectivity index is 1.99. The number of nitrogens with zero attached hydrogens (tertiary/aromatic N) is 3. The normalized spacial score (nSPS) is 12.3. The Hall–Kier alpha value is -3.27. The number of amides is 1. The van der Waals surface area contributed by atoms with Crippen LogP contribution in [0.25, 0.3) is 10.9 Å². The van der Waals surface area contributed by atoms with Crippen LogP contribution in [-0.4, -0.2) is 61.2 Å². The molecule has 2 aromatic carbocycles. The summed E-state index contributed by atoms with van der Waals surface area (Å²) in [6.07, 6.45) is 4.37. The number of halogens is 2. The third-order valence-electron chi connectivity index (χ3n) is 4.65. The van der Waals surface area contributed by atoms with Gasteiger partial charge in [0.25, 0.3) is 0 Å². The molecule has 0 aliphatic rings. The van der Waals surface area contributed by atoms with Crippen molar-refractivity contribution < 1.29 is 18.7 Å². The molecule has 8 nitrogen and oxygen atoms in total. The number of aromatic nitrogens is 2. The number of nitrogens with one attached hydrogen (secondary N) is 2. The van der Waals surface area contributed by atoms with Crippen molar-refractivity contribution in [3.05, 3.63) is 59.7 Å². The third kappa shape index (κ3) is 6.86. The topological polar surface area (TPSA) is 88.6 Å². The Kier molecular flexibility index (Phi) is 8.75. The van der Waals surface area contributed by atoms with E-state index in [9.17, 15) is 9.18 Å². The molecule has 1 atom stereocenters. The van der Waals surface area contributed by atoms with Gasteiger partial charge in [0.1, 0.15) is 29.8 Å². The van der Waals surface area contributed by atoms with Gasteiger partial charge in [0.05, 0.1) is 22.8 Å². The molecule has 3 rings (SSSR count). The Morgan fingerprint density at radius 3 is 2.76 bits per heavy atom. The van der Waals surface area contributed by atoms with Crippen LogP contribution in [0.2, 0.25) is 5.02 Å². The molecule has 0 aliphatic carbocycles. The van der Waals surface area contributed by atoms with Crippen molar-refractivity contribution in [3.8, 4) is 5.75 Å². The largest absolute Gasteiger partial charge is 0.486 e. The summed E-state index contributed by atoms with van der Waals surface area (Å²) in [5, 5.41) is 6.61. The lowest BCUT2D eigenvalue weighted by molar-refractivity contribution is -0.111. The molecule has 1 heterocycles. The number of anilines is 3. The van der Waals surface area contributed by atoms with Crippen molar-refractivity contribution in [3.63, 3.8) is 0 Å². The van der Waals surface area contributed by atoms with Gasteiger partial charge in [-0.05, 0) is 45.3 Å². The minimum atomic E-state index is -0.515. The molecule has 1 aromatic heterocycles. The molecule has 0 aliphatic heterocycles. The first kappa shape index (κ1) is 25.4. The highest BCUT2D eigenvalue weighted by Gasteiger charge is 2.15. The lowest BCUT2D eigenvalue weighted by Crippen LogP contribution is -2.19. The Labute approximate surface area is 202 Å². The van der Waals surface area contributed by atoms with Gasteiger partial charge in [-0.25, -0.2) is 14.4 Å². The van der Waals surface area contributed by atoms with Crippen molar-refractivity contribution in [1.29, 1.82) is 0 Å². The number of fused-ring (bicyclic) bond motifs is 1. The van der Waals surface area contributed by atoms with Crippen LogP contribution in [-0.2, 0) is 9.53 Å². The Morgan fingerprint density at radius 1 is 1.26 bits per heavy atom. The fourth-order valence-corrected chi connectivity index (χ4v) is 3.30. The number of likely N-dealkylation sites (N-methyl/N-ethyl adjacent to an activating group) is 1. The molecule has 0 saturated carbocycles. The van der Waals surface area contributed by atoms with Crippen LogP contribution in [0.3, 0.4) is 0 Å². The van der Waals surface area contributed by atoms with Crippen molar-refractivity contribution >= 4 is 45.6 Å². The molecular formula is C24H27ClFN5O3. The molecule has 34 heavy (non-hydrogen) atoms. The highest BCUT2D eigenvalue weighted by Crippen LogP contribution is 2.34. The molecule has 0 bridgehead atoms. The van der Waals surface area contributed by atoms with Crippen LogP contribution >= 0.6 is 11.6 Å². The number of carbonyl (C=O) groups is 1. The molecule has 3 aromatic rings. The van der Waals surface area contributed by atoms with Crippen LogP contribution in [0.1, 0.15) is 6.92 Å². The monoisotopic (exact) mass is 487 g/mol. The van der Waals surface area contributed by atoms with Crippen LogP contribution in [0, 0.1) is 5.82 Å². The summed E-state index contributed by atoms with van der Waals surface area (Å²) < 4.78 is 24.7. The van der Waals surface area contributed by atoms with Crippen LogP contribution in [0.5, 0.6) is 5.75 Å². The number of rotatable bonds is 10. The number of ether oxygens (including phenoxy) is 2. The SMILES string of the molecule is COCC(C)Oc1cc2ncnc(Nc3ccc(F)c(Cl)c3)c2cc1NC(=O)C=CCN(C)C. The van der Waals surface area contributed by atoms with Crippen molar-refractivity contribution in [2.45, 2.75) is 13.0 Å². The first-order chi connectivity index (χ1) is 16.3. The first-order valence-electron chi connectivity index (χ1n) is 10.6. The smallest absolute Gasteiger partial charge is 0.248 e. The van der Waals surface area contributed by atoms with Gasteiger partial charge >= 0.3 is 0 Å². The molecule has 1 amide bonds. The highest BCUT2D eigenvalue weighted by atomic mass is 35.5. The molecule has 2 N–H and O–H groups in total. The zero-order chi connectivity index (χ0) is 24.7. The van der Waals surface area contributed by atoms with E-state index in [0.29, 0.717) is 47.0 Å². The third-order valence-corrected chi connectivity index (χ3v) is 4.94. The van der Waals surface area contributed by atoms with Gasteiger partial charge in [0, 0.05) is 36.9 Å². The summed E-state index contributed by atoms with van der Waals surface area (Å²) in [5.41, 5.74) is 1.59. The van der Waals surface area contributed by atoms with E-state index < -0.39 is 5.82 Å². The number of carbonyl (C=O) groups excluding carboxylic acids is 1. The lowest BCUT2D eigenvalue weighted by atomic mass is 10.1. The molecule has 0 saturated heterocycles. The average Bonchev–Trinajstić information content (AvgIpc) is 2.77. The zero-order valence-electron chi connectivity index (χ0n) is 19.4. The fraction of sp³-hybridized carbons (Fsp3) is 0.292. The second kappa shape index (κ2) is 11.7. The van der Waals surface area contributed by atoms with Gasteiger partial charge in [0.15, 0.2) is 0 Å². The number of hydrogen-bond donors (Lipinski definition) is 2. The summed E-state index contributed by atoms with van der Waals surface area (Å²) in [7, 11) is 5.42. The second-order valence-corrected chi connectivity index (χ2v) is 8.29. The summed E-state index contributed by atoms with van der Waals surface area (Å²) in [4.78, 5) is 23.1. The zero-order valence-corrected chi connectivity index (χ0v) is 20.2. The van der Waals surface area contributed by atoms with Gasteiger partial charge in [0.2, 0.25) is 5.91 Å². The van der Waals surface area contributed by atoms with Crippen LogP contribution in [0.15, 0.2) is 48.8 Å². The summed E-state index contributed by atoms with van der Waals surface area (Å²) in [6.45, 7) is 2.86. The Bertz CT molecular complexity index is 1190. The molecule has 0 spiro atoms. The van der Waals surface area contributed by atoms with Crippen LogP contribution in [0.4, 0.5) is 21.6 Å². The molecule has 180 valence electrons. The first-order valence-corrected chi connectivity index (χ1v) is 10.9. The maximum Gasteiger partial charge on any atom is 0.248 e. The minimum Gasteiger partial charge on any atom is -0.486 e. The van der Waals surface area contributed by atoms with E-state index in [1.54, 1.807) is 31.4 Å². The number of hydrogen-bond acceptors (Lipinski definition) is 7. The van der Waals surface area contributed by atoms with E-state index in [0.717, 1.165) is 0 Å². The quantitative estimate of drug-likeness (QED) is 0.403. The summed E-state index contributed by atoms with van der Waals surface area (Å²) >= 11 is 5.91. The highest BCUT2D eigenvalue weighted by molar-refractivity contribution is 6.31. The van der Waals surface area contributed by atoms with E-state index in [4.69, 9.17) is 21.1 Å². The number of methoxy groups -OCH3 is 1. The lowest BCUT2D eigenvalue weighted by Gasteiger charge is -2.18. The predicted octanol–water partition coefficient (Wildman–Crippen LogP) is 4.64. The molecule has 0 fully saturated rings. The predicted molar refractivity (Wildman–Crippen MR) is 133 cm³/mol. The van der Waals surface area contributed by atoms with Crippen molar-refractivity contribution in [1.82, 2.24) is 14.9 Å². The molecule has 0 radical (unpaired) electrons. The van der Waals surface area contributed by atoms with Gasteiger partial charge in [-0.2, -0.15) is 0 Å². The molecular weight excluding hydrogens is 461 g/mol. The average molecular weight is 488 g/mol. The summed E-state index contributed by atoms with van der Waals surface area (Å²) in [5.74, 6) is 0.0878. The summed E-state index contributed by atoms with van der Waals surface area (Å²) in [6, 6.07) is 7.74. The van der Waals surface area contributed by atoms with E-state index in [2.05, 4.69) is 20.6 Å². The van der Waals surface area contributed by atoms with E-state index >= 15 is 0 Å². The fourth-order valence-electron chi connectivity index (χ4n) is 3.12. The maximum absolute atomic E-state index is 13.5. The van der Waals surface area contributed by atoms with Gasteiger partial charge in [-0.15, -0.1) is 0 Å². The van der Waals surface area contributed by atoms with E-state index in [1.165, 1.54) is 24.5 Å². The van der Waals surface area contributed by atoms with E-state index in [1.807, 2.05) is 25.9 Å². The van der Waals surface area contributed by atoms with Gasteiger partial charge < -0.3 is 25.0 Å². The second-order valence-electron chi connectivity index (χ2n) is 7.88. The standard InChI is InChI=1S/C24H27ClFN5O3/c1-15(13-33-4)34-22-12-20-17(11-21(22)30-23(32)6-5-9-31(2)3)24(28-14-27-20)29-16-7-8-19(26)18(25)10-16/h5-8,10-12,14-15H,9,13H2,1-4H3,(H,30,32)(H,27,28,29). The van der Waals surface area contributed by atoms with Crippen molar-refractivity contribution in [2.75, 3.05) is 45.0 Å². The minimum absolute atomic E-state index is 0.0105. The molecule has 1 unspecified atom stereocenters. The van der Waals surface area contributed by atoms with E-state index in [-0.39, 0.29) is 17.0 Å². The number of benzene rings is 2. The van der Waals surface area contributed by atoms with Crippen molar-refractivity contribution in [2.24, 2.45) is 0 Å². The molecule has 10 heteroatoms.